The summed E-state index contributed by atoms with van der Waals surface area (Å²) < 4.78 is 95.1. The van der Waals surface area contributed by atoms with Crippen LogP contribution in [0.4, 0.5) is 20.4 Å². The van der Waals surface area contributed by atoms with Gasteiger partial charge in [-0.2, -0.15) is 0 Å². The molecule has 7 heterocycles. The molecule has 7 rings (SSSR count). The van der Waals surface area contributed by atoms with Gasteiger partial charge in [0, 0.05) is 0 Å². The first-order valence-corrected chi connectivity index (χ1v) is 17.6. The number of halogens is 2. The van der Waals surface area contributed by atoms with Crippen LogP contribution in [0.25, 0.3) is 22.3 Å². The molecule has 0 unspecified atom stereocenters. The second-order valence-corrected chi connectivity index (χ2v) is 15.0. The van der Waals surface area contributed by atoms with Crippen LogP contribution in [0.15, 0.2) is 25.3 Å². The third-order valence-corrected chi connectivity index (χ3v) is 10.2. The summed E-state index contributed by atoms with van der Waals surface area (Å²) in [6, 6.07) is 0. The summed E-state index contributed by atoms with van der Waals surface area (Å²) in [6.45, 7) is -5.56. The van der Waals surface area contributed by atoms with Gasteiger partial charge in [-0.15, -0.1) is 0 Å². The van der Waals surface area contributed by atoms with Crippen LogP contribution >= 0.6 is 26.5 Å². The van der Waals surface area contributed by atoms with Crippen LogP contribution in [-0.2, 0) is 36.7 Å². The van der Waals surface area contributed by atoms with E-state index in [9.17, 15) is 9.13 Å². The molecular formula is C20H23BF2N10O8P2S. The van der Waals surface area contributed by atoms with Gasteiger partial charge >= 0.3 is 6.80 Å². The van der Waals surface area contributed by atoms with Crippen molar-refractivity contribution < 1.29 is 45.5 Å². The fraction of sp³-hybridized carbons (Fsp3) is 0.500. The number of hydrogen-bond acceptors (Lipinski definition) is 16. The number of aromatic nitrogens is 8. The molecule has 10 atom stereocenters. The van der Waals surface area contributed by atoms with Crippen molar-refractivity contribution in [3.63, 3.8) is 0 Å². The molecule has 4 N–H and O–H groups in total. The number of nitrogens with two attached hydrogens (primary N) is 2. The van der Waals surface area contributed by atoms with Crippen molar-refractivity contribution >= 4 is 68.0 Å². The number of nitrogen functional groups attached to an aromatic ring is 2. The number of ether oxygens (including phenoxy) is 2. The van der Waals surface area contributed by atoms with Gasteiger partial charge in [0.05, 0.1) is 25.9 Å². The lowest BCUT2D eigenvalue weighted by Gasteiger charge is -2.29. The van der Waals surface area contributed by atoms with E-state index < -0.39 is 76.7 Å². The second kappa shape index (κ2) is 10.9. The largest absolute Gasteiger partial charge is 0.386 e. The minimum absolute atomic E-state index is 0.0605. The van der Waals surface area contributed by atoms with Crippen LogP contribution in [0, 0.1) is 0 Å². The van der Waals surface area contributed by atoms with Gasteiger partial charge in [0.1, 0.15) is 48.1 Å². The van der Waals surface area contributed by atoms with Crippen molar-refractivity contribution in [1.82, 2.24) is 39.0 Å². The zero-order valence-corrected chi connectivity index (χ0v) is 25.1. The number of thiol groups is 1. The molecule has 0 aromatic carbocycles. The first-order chi connectivity index (χ1) is 20.9. The maximum absolute atomic E-state index is 16.0. The minimum atomic E-state index is -4.37. The van der Waals surface area contributed by atoms with Crippen molar-refractivity contribution in [3.8, 4) is 0 Å². The van der Waals surface area contributed by atoms with E-state index in [1.54, 1.807) is 0 Å². The second-order valence-electron chi connectivity index (χ2n) is 10.2. The number of hydrogen-bond donors (Lipinski definition) is 3. The molecule has 0 aliphatic carbocycles. The van der Waals surface area contributed by atoms with Gasteiger partial charge < -0.3 is 30.0 Å². The summed E-state index contributed by atoms with van der Waals surface area (Å²) in [6.07, 6.45) is -7.72. The highest BCUT2D eigenvalue weighted by Gasteiger charge is 2.54. The molecule has 234 valence electrons. The molecule has 3 fully saturated rings. The van der Waals surface area contributed by atoms with Crippen molar-refractivity contribution in [2.45, 2.75) is 49.2 Å². The topological polar surface area (TPSA) is 229 Å². The third-order valence-electron chi connectivity index (χ3n) is 7.30. The Kier molecular flexibility index (Phi) is 7.42. The van der Waals surface area contributed by atoms with E-state index in [0.717, 1.165) is 7.57 Å². The van der Waals surface area contributed by atoms with Crippen molar-refractivity contribution in [3.05, 3.63) is 25.3 Å². The molecule has 44 heavy (non-hydrogen) atoms. The number of anilines is 2. The lowest BCUT2D eigenvalue weighted by molar-refractivity contribution is -0.0546. The molecule has 0 amide bonds. The van der Waals surface area contributed by atoms with Gasteiger partial charge in [-0.3, -0.25) is 22.7 Å². The number of fused-ring (bicyclic) bond motifs is 4. The maximum Gasteiger partial charge on any atom is 0.386 e. The number of alkyl halides is 2. The van der Waals surface area contributed by atoms with E-state index in [4.69, 9.17) is 39.0 Å². The molecule has 0 saturated carbocycles. The highest BCUT2D eigenvalue weighted by molar-refractivity contribution is 8.44. The number of imidazole rings is 2. The zero-order chi connectivity index (χ0) is 31.0. The summed E-state index contributed by atoms with van der Waals surface area (Å²) in [5.41, 5.74) is 12.4. The molecule has 0 radical (unpaired) electrons. The van der Waals surface area contributed by atoms with Crippen LogP contribution in [0.5, 0.6) is 0 Å². The van der Waals surface area contributed by atoms with Crippen LogP contribution < -0.4 is 11.5 Å². The Labute approximate surface area is 251 Å². The molecular weight excluding hydrogens is 651 g/mol. The zero-order valence-electron chi connectivity index (χ0n) is 22.4. The number of nitrogens with zero attached hydrogens (tertiary/aromatic N) is 8. The first-order valence-electron chi connectivity index (χ1n) is 12.9. The van der Waals surface area contributed by atoms with Gasteiger partial charge in [0.25, 0.3) is 15.0 Å². The molecule has 3 aliphatic rings. The van der Waals surface area contributed by atoms with Crippen LogP contribution in [-0.4, -0.2) is 96.6 Å². The van der Waals surface area contributed by atoms with E-state index in [2.05, 4.69) is 42.2 Å². The Hall–Kier alpha value is -2.81. The molecule has 3 saturated heterocycles. The van der Waals surface area contributed by atoms with Gasteiger partial charge in [-0.1, -0.05) is 12.2 Å². The predicted octanol–water partition coefficient (Wildman–Crippen LogP) is 0.898. The highest BCUT2D eigenvalue weighted by Crippen LogP contribution is 2.58. The van der Waals surface area contributed by atoms with E-state index in [1.165, 1.54) is 34.4 Å². The van der Waals surface area contributed by atoms with E-state index in [1.807, 2.05) is 0 Å². The summed E-state index contributed by atoms with van der Waals surface area (Å²) in [5, 5.41) is 0. The summed E-state index contributed by atoms with van der Waals surface area (Å²) >= 11 is 4.01. The summed E-state index contributed by atoms with van der Waals surface area (Å²) in [4.78, 5) is 24.1. The fourth-order valence-electron chi connectivity index (χ4n) is 5.28. The molecule has 3 aliphatic heterocycles. The summed E-state index contributed by atoms with van der Waals surface area (Å²) in [5.74, 6) is 0.123. The van der Waals surface area contributed by atoms with E-state index in [-0.39, 0.29) is 34.0 Å². The molecule has 4 aromatic heterocycles. The average molecular weight is 674 g/mol. The van der Waals surface area contributed by atoms with Crippen LogP contribution in [0.2, 0.25) is 0 Å². The molecule has 18 nitrogen and oxygen atoms in total. The molecule has 0 bridgehead atoms. The fourth-order valence-corrected chi connectivity index (χ4v) is 7.94. The van der Waals surface area contributed by atoms with Gasteiger partial charge in [-0.05, 0) is 0 Å². The first kappa shape index (κ1) is 29.9. The Morgan fingerprint density at radius 1 is 0.795 bits per heavy atom. The predicted molar refractivity (Wildman–Crippen MR) is 151 cm³/mol. The van der Waals surface area contributed by atoms with Crippen LogP contribution in [0.3, 0.4) is 0 Å². The SMILES string of the molecule is B[P@@]1(=O)OC[C@H]2O[C@@H](n3cnc4c(N)ncnc43)[C@H](F)[C@@H]2O[P@](=O)(S)OC[C@H]2O[C@@H](n3cnc4c(N)ncnc43)[C@H](F)[C@@H]2O1. The molecule has 4 aromatic rings. The normalized spacial score (nSPS) is 38.2. The van der Waals surface area contributed by atoms with Crippen LogP contribution in [0.1, 0.15) is 12.5 Å². The van der Waals surface area contributed by atoms with Crippen molar-refractivity contribution in [2.75, 3.05) is 24.7 Å². The third kappa shape index (κ3) is 5.17. The minimum Gasteiger partial charge on any atom is -0.382 e. The standard InChI is InChI=1S/C20H23BF2N10O8P2S/c21-42(34)36-1-7-14(10(23)20(38-7)33-6-31-12-16(25)27-4-29-18(12)33)41-43(35,44)37-2-8-13(40-42)9(22)19(39-8)32-5-30-11-15(24)26-3-28-17(11)32/h3-10,13-14,19-20H,1-2,21H2,(H,35,44)(H2,24,26,28)(H2,25,27,29)/t7-,8-,9-,10-,13-,14-,19-,20-,42-,43-/m1/s1. The Bertz CT molecular complexity index is 1710. The van der Waals surface area contributed by atoms with E-state index in [0.29, 0.717) is 0 Å². The quantitative estimate of drug-likeness (QED) is 0.152. The molecule has 0 spiro atoms. The van der Waals surface area contributed by atoms with Crippen molar-refractivity contribution in [2.24, 2.45) is 0 Å². The van der Waals surface area contributed by atoms with Gasteiger partial charge in [0.2, 0.25) is 0 Å². The highest BCUT2D eigenvalue weighted by atomic mass is 32.7. The lowest BCUT2D eigenvalue weighted by atomic mass is 10.1. The van der Waals surface area contributed by atoms with Gasteiger partial charge in [0.15, 0.2) is 47.7 Å². The van der Waals surface area contributed by atoms with E-state index >= 15 is 8.78 Å². The van der Waals surface area contributed by atoms with Crippen molar-refractivity contribution in [1.29, 1.82) is 0 Å². The average Bonchev–Trinajstić information content (AvgIpc) is 3.73. The Morgan fingerprint density at radius 3 is 1.80 bits per heavy atom. The summed E-state index contributed by atoms with van der Waals surface area (Å²) in [7, 11) is -2.97. The smallest absolute Gasteiger partial charge is 0.382 e. The monoisotopic (exact) mass is 674 g/mol. The maximum atomic E-state index is 16.0. The number of rotatable bonds is 2. The molecule has 24 heteroatoms. The lowest BCUT2D eigenvalue weighted by Crippen LogP contribution is -2.37. The Balaban J connectivity index is 1.17. The van der Waals surface area contributed by atoms with Gasteiger partial charge in [-0.25, -0.2) is 43.2 Å². The Morgan fingerprint density at radius 2 is 1.27 bits per heavy atom.